The highest BCUT2D eigenvalue weighted by atomic mass is 16.2. The number of aryl methyl sites for hydroxylation is 1. The summed E-state index contributed by atoms with van der Waals surface area (Å²) in [5.74, 6) is -0.0127. The number of carbonyl (C=O) groups is 1. The molecule has 0 unspecified atom stereocenters. The van der Waals surface area contributed by atoms with Crippen LogP contribution in [-0.4, -0.2) is 16.1 Å². The normalized spacial score (nSPS) is 15.1. The first kappa shape index (κ1) is 5.46. The Hall–Kier alpha value is -1.32. The van der Waals surface area contributed by atoms with E-state index in [0.29, 0.717) is 6.54 Å². The summed E-state index contributed by atoms with van der Waals surface area (Å²) >= 11 is 0. The molecular weight excluding hydrogens is 130 g/mol. The van der Waals surface area contributed by atoms with Crippen LogP contribution in [-0.2, 0) is 6.54 Å². The van der Waals surface area contributed by atoms with Crippen molar-refractivity contribution in [3.05, 3.63) is 17.0 Å². The number of aromatic nitrogens is 2. The lowest BCUT2D eigenvalue weighted by molar-refractivity contribution is 0.0965. The Bertz CT molecular complexity index is 289. The van der Waals surface area contributed by atoms with Gasteiger partial charge in [0.05, 0.1) is 17.8 Å². The van der Waals surface area contributed by atoms with Gasteiger partial charge in [-0.3, -0.25) is 9.89 Å². The monoisotopic (exact) mass is 137 g/mol. The molecule has 0 fully saturated rings. The molecule has 10 heavy (non-hydrogen) atoms. The van der Waals surface area contributed by atoms with Crippen LogP contribution in [0, 0.1) is 6.92 Å². The summed E-state index contributed by atoms with van der Waals surface area (Å²) in [6.07, 6.45) is 0. The first-order valence-electron chi connectivity index (χ1n) is 3.11. The maximum Gasteiger partial charge on any atom is 0.255 e. The van der Waals surface area contributed by atoms with Gasteiger partial charge in [-0.25, -0.2) is 0 Å². The van der Waals surface area contributed by atoms with E-state index in [1.165, 1.54) is 0 Å². The number of amides is 1. The molecule has 4 heteroatoms. The van der Waals surface area contributed by atoms with E-state index in [-0.39, 0.29) is 5.91 Å². The van der Waals surface area contributed by atoms with E-state index in [1.54, 1.807) is 0 Å². The number of fused-ring (bicyclic) bond motifs is 1. The zero-order valence-corrected chi connectivity index (χ0v) is 5.56. The summed E-state index contributed by atoms with van der Waals surface area (Å²) in [4.78, 5) is 11.0. The highest BCUT2D eigenvalue weighted by molar-refractivity contribution is 5.98. The second-order valence-corrected chi connectivity index (χ2v) is 2.35. The van der Waals surface area contributed by atoms with Gasteiger partial charge in [-0.2, -0.15) is 5.10 Å². The first-order chi connectivity index (χ1) is 4.79. The molecule has 4 nitrogen and oxygen atoms in total. The molecule has 0 saturated carbocycles. The van der Waals surface area contributed by atoms with Gasteiger partial charge >= 0.3 is 0 Å². The fraction of sp³-hybridized carbons (Fsp3) is 0.333. The summed E-state index contributed by atoms with van der Waals surface area (Å²) in [5.41, 5.74) is 2.41. The minimum Gasteiger partial charge on any atom is -0.346 e. The Morgan fingerprint density at radius 3 is 3.10 bits per heavy atom. The minimum atomic E-state index is -0.0127. The van der Waals surface area contributed by atoms with Crippen molar-refractivity contribution in [2.75, 3.05) is 0 Å². The van der Waals surface area contributed by atoms with Gasteiger partial charge < -0.3 is 5.32 Å². The number of aromatic amines is 1. The topological polar surface area (TPSA) is 57.8 Å². The maximum atomic E-state index is 11.0. The molecule has 0 saturated heterocycles. The second-order valence-electron chi connectivity index (χ2n) is 2.35. The smallest absolute Gasteiger partial charge is 0.255 e. The Morgan fingerprint density at radius 2 is 2.40 bits per heavy atom. The van der Waals surface area contributed by atoms with E-state index < -0.39 is 0 Å². The quantitative estimate of drug-likeness (QED) is 0.527. The molecule has 1 aromatic heterocycles. The summed E-state index contributed by atoms with van der Waals surface area (Å²) in [6.45, 7) is 2.41. The van der Waals surface area contributed by atoms with Gasteiger partial charge in [0.1, 0.15) is 0 Å². The molecule has 0 aliphatic carbocycles. The first-order valence-corrected chi connectivity index (χ1v) is 3.11. The minimum absolute atomic E-state index is 0.0127. The lowest BCUT2D eigenvalue weighted by Gasteiger charge is -1.88. The molecule has 1 amide bonds. The number of carbonyl (C=O) groups excluding carboxylic acids is 1. The van der Waals surface area contributed by atoms with Gasteiger partial charge in [0.15, 0.2) is 0 Å². The van der Waals surface area contributed by atoms with Gasteiger partial charge in [0.25, 0.3) is 5.91 Å². The number of H-pyrrole nitrogens is 1. The molecule has 1 aromatic rings. The van der Waals surface area contributed by atoms with E-state index in [2.05, 4.69) is 15.5 Å². The third-order valence-electron chi connectivity index (χ3n) is 1.67. The van der Waals surface area contributed by atoms with Crippen LogP contribution in [0.3, 0.4) is 0 Å². The van der Waals surface area contributed by atoms with Crippen LogP contribution in [0.5, 0.6) is 0 Å². The van der Waals surface area contributed by atoms with Crippen LogP contribution in [0.1, 0.15) is 21.7 Å². The molecule has 1 aliphatic heterocycles. The van der Waals surface area contributed by atoms with Crippen LogP contribution >= 0.6 is 0 Å². The SMILES string of the molecule is Cc1[nH]nc2c1C(=O)NC2. The fourth-order valence-corrected chi connectivity index (χ4v) is 1.16. The molecule has 0 atom stereocenters. The Labute approximate surface area is 57.6 Å². The Balaban J connectivity index is 2.65. The maximum absolute atomic E-state index is 11.0. The van der Waals surface area contributed by atoms with Crippen LogP contribution in [0.25, 0.3) is 0 Å². The number of rotatable bonds is 0. The largest absolute Gasteiger partial charge is 0.346 e. The Kier molecular flexibility index (Phi) is 0.869. The zero-order valence-electron chi connectivity index (χ0n) is 5.56. The average molecular weight is 137 g/mol. The van der Waals surface area contributed by atoms with Crippen molar-refractivity contribution in [1.29, 1.82) is 0 Å². The van der Waals surface area contributed by atoms with Crippen molar-refractivity contribution >= 4 is 5.91 Å². The summed E-state index contributed by atoms with van der Waals surface area (Å²) < 4.78 is 0. The van der Waals surface area contributed by atoms with E-state index in [1.807, 2.05) is 6.92 Å². The summed E-state index contributed by atoms with van der Waals surface area (Å²) in [6, 6.07) is 0. The van der Waals surface area contributed by atoms with Gasteiger partial charge in [-0.15, -0.1) is 0 Å². The van der Waals surface area contributed by atoms with Gasteiger partial charge in [-0.05, 0) is 6.92 Å². The number of nitrogens with zero attached hydrogens (tertiary/aromatic N) is 1. The third kappa shape index (κ3) is 0.504. The van der Waals surface area contributed by atoms with Crippen LogP contribution in [0.4, 0.5) is 0 Å². The van der Waals surface area contributed by atoms with E-state index in [0.717, 1.165) is 17.0 Å². The Morgan fingerprint density at radius 1 is 1.60 bits per heavy atom. The molecule has 0 radical (unpaired) electrons. The number of hydrogen-bond acceptors (Lipinski definition) is 2. The van der Waals surface area contributed by atoms with Crippen molar-refractivity contribution in [3.63, 3.8) is 0 Å². The van der Waals surface area contributed by atoms with Crippen molar-refractivity contribution in [3.8, 4) is 0 Å². The number of hydrogen-bond donors (Lipinski definition) is 2. The fourth-order valence-electron chi connectivity index (χ4n) is 1.16. The van der Waals surface area contributed by atoms with Crippen LogP contribution in [0.15, 0.2) is 0 Å². The van der Waals surface area contributed by atoms with E-state index >= 15 is 0 Å². The van der Waals surface area contributed by atoms with Crippen LogP contribution < -0.4 is 5.32 Å². The van der Waals surface area contributed by atoms with Crippen molar-refractivity contribution < 1.29 is 4.79 Å². The average Bonchev–Trinajstić information content (AvgIpc) is 2.40. The van der Waals surface area contributed by atoms with E-state index in [4.69, 9.17) is 0 Å². The molecule has 2 N–H and O–H groups in total. The summed E-state index contributed by atoms with van der Waals surface area (Å²) in [7, 11) is 0. The van der Waals surface area contributed by atoms with E-state index in [9.17, 15) is 4.79 Å². The van der Waals surface area contributed by atoms with Gasteiger partial charge in [-0.1, -0.05) is 0 Å². The predicted octanol–water partition coefficient (Wildman–Crippen LogP) is -0.0385. The highest BCUT2D eigenvalue weighted by Gasteiger charge is 2.23. The molecule has 1 aliphatic rings. The molecule has 2 rings (SSSR count). The standard InChI is InChI=1S/C6H7N3O/c1-3-5-4(9-8-3)2-7-6(5)10/h2H2,1H3,(H,7,10)(H,8,9). The van der Waals surface area contributed by atoms with Crippen molar-refractivity contribution in [2.24, 2.45) is 0 Å². The molecule has 0 spiro atoms. The summed E-state index contributed by atoms with van der Waals surface area (Å²) in [5, 5.41) is 9.38. The molecule has 2 heterocycles. The third-order valence-corrected chi connectivity index (χ3v) is 1.67. The van der Waals surface area contributed by atoms with Crippen LogP contribution in [0.2, 0.25) is 0 Å². The lowest BCUT2D eigenvalue weighted by atomic mass is 10.2. The molecule has 0 bridgehead atoms. The molecule has 52 valence electrons. The number of nitrogens with one attached hydrogen (secondary N) is 2. The lowest BCUT2D eigenvalue weighted by Crippen LogP contribution is -2.14. The van der Waals surface area contributed by atoms with Crippen molar-refractivity contribution in [1.82, 2.24) is 15.5 Å². The molecule has 0 aromatic carbocycles. The van der Waals surface area contributed by atoms with Gasteiger partial charge in [0.2, 0.25) is 0 Å². The zero-order chi connectivity index (χ0) is 7.14. The highest BCUT2D eigenvalue weighted by Crippen LogP contribution is 2.14. The van der Waals surface area contributed by atoms with Gasteiger partial charge in [0, 0.05) is 5.69 Å². The second kappa shape index (κ2) is 1.59. The predicted molar refractivity (Wildman–Crippen MR) is 34.5 cm³/mol. The van der Waals surface area contributed by atoms with Crippen molar-refractivity contribution in [2.45, 2.75) is 13.5 Å². The molecular formula is C6H7N3O.